The lowest BCUT2D eigenvalue weighted by atomic mass is 10.1. The first-order valence-corrected chi connectivity index (χ1v) is 6.81. The number of benzene rings is 1. The molecule has 0 bridgehead atoms. The molecule has 0 unspecified atom stereocenters. The van der Waals surface area contributed by atoms with Crippen LogP contribution in [0.2, 0.25) is 10.0 Å². The summed E-state index contributed by atoms with van der Waals surface area (Å²) in [4.78, 5) is 16.0. The first-order chi connectivity index (χ1) is 8.99. The lowest BCUT2D eigenvalue weighted by molar-refractivity contribution is 0.0988. The molecule has 0 spiro atoms. The molecular formula is C13H7BrCl2FNO. The highest BCUT2D eigenvalue weighted by molar-refractivity contribution is 9.10. The number of ketones is 1. The van der Waals surface area contributed by atoms with E-state index in [2.05, 4.69) is 20.9 Å². The molecule has 0 aliphatic carbocycles. The van der Waals surface area contributed by atoms with Crippen molar-refractivity contribution >= 4 is 44.9 Å². The fourth-order valence-electron chi connectivity index (χ4n) is 1.56. The van der Waals surface area contributed by atoms with E-state index in [9.17, 15) is 9.18 Å². The molecule has 98 valence electrons. The molecule has 0 fully saturated rings. The Labute approximate surface area is 127 Å². The van der Waals surface area contributed by atoms with Crippen molar-refractivity contribution in [2.45, 2.75) is 6.42 Å². The summed E-state index contributed by atoms with van der Waals surface area (Å²) in [5.74, 6) is -0.714. The van der Waals surface area contributed by atoms with Crippen molar-refractivity contribution in [3.8, 4) is 0 Å². The van der Waals surface area contributed by atoms with E-state index in [4.69, 9.17) is 23.2 Å². The first-order valence-electron chi connectivity index (χ1n) is 5.26. The smallest absolute Gasteiger partial charge is 0.187 e. The second-order valence-corrected chi connectivity index (χ2v) is 5.43. The largest absolute Gasteiger partial charge is 0.292 e. The number of Topliss-reactive ketones (excluding diaryl/α,β-unsaturated/α-hetero) is 1. The van der Waals surface area contributed by atoms with Gasteiger partial charge in [-0.1, -0.05) is 35.3 Å². The summed E-state index contributed by atoms with van der Waals surface area (Å²) >= 11 is 14.7. The van der Waals surface area contributed by atoms with Crippen LogP contribution in [0, 0.1) is 5.82 Å². The van der Waals surface area contributed by atoms with E-state index in [1.165, 1.54) is 18.3 Å². The Morgan fingerprint density at radius 3 is 2.79 bits per heavy atom. The van der Waals surface area contributed by atoms with Gasteiger partial charge in [-0.3, -0.25) is 4.79 Å². The summed E-state index contributed by atoms with van der Waals surface area (Å²) in [5.41, 5.74) is 0.667. The van der Waals surface area contributed by atoms with E-state index in [0.29, 0.717) is 10.6 Å². The second-order valence-electron chi connectivity index (χ2n) is 3.80. The Hall–Kier alpha value is -0.970. The molecule has 1 aromatic heterocycles. The Morgan fingerprint density at radius 2 is 2.11 bits per heavy atom. The number of aromatic nitrogens is 1. The van der Waals surface area contributed by atoms with Crippen LogP contribution in [0.25, 0.3) is 0 Å². The highest BCUT2D eigenvalue weighted by Crippen LogP contribution is 2.24. The van der Waals surface area contributed by atoms with Crippen LogP contribution in [-0.4, -0.2) is 10.8 Å². The summed E-state index contributed by atoms with van der Waals surface area (Å²) in [5, 5.41) is 0.540. The van der Waals surface area contributed by atoms with Gasteiger partial charge >= 0.3 is 0 Å². The number of nitrogens with zero attached hydrogens (tertiary/aromatic N) is 1. The van der Waals surface area contributed by atoms with Crippen molar-refractivity contribution in [1.82, 2.24) is 4.98 Å². The third-order valence-corrected chi connectivity index (χ3v) is 3.84. The van der Waals surface area contributed by atoms with E-state index < -0.39 is 5.82 Å². The zero-order chi connectivity index (χ0) is 14.0. The van der Waals surface area contributed by atoms with Gasteiger partial charge in [0.25, 0.3) is 0 Å². The van der Waals surface area contributed by atoms with Gasteiger partial charge in [0.05, 0.1) is 14.5 Å². The van der Waals surface area contributed by atoms with Crippen LogP contribution in [0.3, 0.4) is 0 Å². The number of carbonyl (C=O) groups is 1. The third kappa shape index (κ3) is 3.32. The van der Waals surface area contributed by atoms with Gasteiger partial charge in [-0.25, -0.2) is 9.37 Å². The second kappa shape index (κ2) is 5.99. The molecule has 2 rings (SSSR count). The maximum Gasteiger partial charge on any atom is 0.187 e. The molecule has 2 aromatic rings. The van der Waals surface area contributed by atoms with Gasteiger partial charge in [-0.2, -0.15) is 0 Å². The molecule has 19 heavy (non-hydrogen) atoms. The average Bonchev–Trinajstić information content (AvgIpc) is 2.34. The standard InChI is InChI=1S/C13H7BrCl2FNO/c14-12-7(2-1-3-10(12)17)4-11(19)13-9(16)5-8(15)6-18-13/h1-3,5-6H,4H2. The monoisotopic (exact) mass is 361 g/mol. The minimum atomic E-state index is -0.416. The highest BCUT2D eigenvalue weighted by atomic mass is 79.9. The third-order valence-electron chi connectivity index (χ3n) is 2.45. The van der Waals surface area contributed by atoms with Gasteiger partial charge in [0.15, 0.2) is 5.78 Å². The van der Waals surface area contributed by atoms with Gasteiger partial charge in [0, 0.05) is 12.6 Å². The fraction of sp³-hybridized carbons (Fsp3) is 0.0769. The van der Waals surface area contributed by atoms with Crippen LogP contribution in [0.4, 0.5) is 4.39 Å². The number of halogens is 4. The minimum absolute atomic E-state index is 0.00664. The summed E-state index contributed by atoms with van der Waals surface area (Å²) in [6, 6.07) is 5.96. The lowest BCUT2D eigenvalue weighted by Crippen LogP contribution is -2.07. The molecule has 0 aliphatic heterocycles. The zero-order valence-electron chi connectivity index (χ0n) is 9.46. The average molecular weight is 363 g/mol. The van der Waals surface area contributed by atoms with Crippen molar-refractivity contribution in [3.05, 3.63) is 62.1 Å². The molecule has 0 amide bonds. The van der Waals surface area contributed by atoms with Gasteiger partial charge in [-0.05, 0) is 33.6 Å². The lowest BCUT2D eigenvalue weighted by Gasteiger charge is -2.06. The van der Waals surface area contributed by atoms with E-state index in [1.807, 2.05) is 0 Å². The molecule has 0 radical (unpaired) electrons. The van der Waals surface area contributed by atoms with Gasteiger partial charge in [0.1, 0.15) is 11.5 Å². The molecule has 2 nitrogen and oxygen atoms in total. The van der Waals surface area contributed by atoms with Gasteiger partial charge < -0.3 is 0 Å². The number of carbonyl (C=O) groups excluding carboxylic acids is 1. The van der Waals surface area contributed by atoms with Crippen LogP contribution in [-0.2, 0) is 6.42 Å². The minimum Gasteiger partial charge on any atom is -0.292 e. The predicted octanol–water partition coefficient (Wildman–Crippen LogP) is 4.72. The molecule has 1 heterocycles. The topological polar surface area (TPSA) is 30.0 Å². The molecule has 0 saturated carbocycles. The van der Waals surface area contributed by atoms with Gasteiger partial charge in [0.2, 0.25) is 0 Å². The number of rotatable bonds is 3. The molecule has 1 aromatic carbocycles. The normalized spacial score (nSPS) is 10.5. The van der Waals surface area contributed by atoms with E-state index >= 15 is 0 Å². The van der Waals surface area contributed by atoms with E-state index in [0.717, 1.165) is 0 Å². The molecule has 6 heteroatoms. The van der Waals surface area contributed by atoms with Crippen LogP contribution < -0.4 is 0 Å². The fourth-order valence-corrected chi connectivity index (χ4v) is 2.45. The summed E-state index contributed by atoms with van der Waals surface area (Å²) < 4.78 is 13.6. The Balaban J connectivity index is 2.28. The Bertz CT molecular complexity index is 649. The molecule has 0 N–H and O–H groups in total. The number of hydrogen-bond acceptors (Lipinski definition) is 2. The Morgan fingerprint density at radius 1 is 1.37 bits per heavy atom. The van der Waals surface area contributed by atoms with E-state index in [1.54, 1.807) is 12.1 Å². The van der Waals surface area contributed by atoms with Crippen LogP contribution in [0.5, 0.6) is 0 Å². The van der Waals surface area contributed by atoms with E-state index in [-0.39, 0.29) is 27.4 Å². The first kappa shape index (κ1) is 14.4. The summed E-state index contributed by atoms with van der Waals surface area (Å²) in [6.45, 7) is 0. The van der Waals surface area contributed by atoms with Crippen LogP contribution in [0.15, 0.2) is 34.9 Å². The van der Waals surface area contributed by atoms with Crippen molar-refractivity contribution in [3.63, 3.8) is 0 Å². The molecular weight excluding hydrogens is 356 g/mol. The maximum absolute atomic E-state index is 13.3. The maximum atomic E-state index is 13.3. The van der Waals surface area contributed by atoms with Gasteiger partial charge in [-0.15, -0.1) is 0 Å². The number of hydrogen-bond donors (Lipinski definition) is 0. The quantitative estimate of drug-likeness (QED) is 0.739. The predicted molar refractivity (Wildman–Crippen MR) is 76.4 cm³/mol. The summed E-state index contributed by atoms with van der Waals surface area (Å²) in [6.07, 6.45) is 1.36. The van der Waals surface area contributed by atoms with Crippen LogP contribution in [0.1, 0.15) is 16.1 Å². The Kier molecular flexibility index (Phi) is 4.55. The zero-order valence-corrected chi connectivity index (χ0v) is 12.6. The summed E-state index contributed by atoms with van der Waals surface area (Å²) in [7, 11) is 0. The van der Waals surface area contributed by atoms with Crippen molar-refractivity contribution in [1.29, 1.82) is 0 Å². The molecule has 0 saturated heterocycles. The molecule has 0 aliphatic rings. The van der Waals surface area contributed by atoms with Crippen LogP contribution >= 0.6 is 39.1 Å². The van der Waals surface area contributed by atoms with Crippen molar-refractivity contribution in [2.75, 3.05) is 0 Å². The molecule has 0 atom stereocenters. The number of pyridine rings is 1. The SMILES string of the molecule is O=C(Cc1cccc(F)c1Br)c1ncc(Cl)cc1Cl. The van der Waals surface area contributed by atoms with Crippen molar-refractivity contribution < 1.29 is 9.18 Å². The highest BCUT2D eigenvalue weighted by Gasteiger charge is 2.15. The van der Waals surface area contributed by atoms with Crippen molar-refractivity contribution in [2.24, 2.45) is 0 Å².